The molecule has 1 aliphatic rings. The standard InChI is InChI=1S/C16H10F9N3O2/c17-14(18,19)8-3-7(4-9(5-8)15(20,21)22)6-27-1-2-28-12(27)10(13(29)30)11(26-28)16(23,24)25/h3-5H,1-2,6H2,(H,29,30). The van der Waals surface area contributed by atoms with Crippen molar-refractivity contribution in [3.05, 3.63) is 46.1 Å². The van der Waals surface area contributed by atoms with Crippen LogP contribution in [0.25, 0.3) is 0 Å². The highest BCUT2D eigenvalue weighted by molar-refractivity contribution is 5.95. The van der Waals surface area contributed by atoms with Crippen molar-refractivity contribution in [3.63, 3.8) is 0 Å². The summed E-state index contributed by atoms with van der Waals surface area (Å²) in [5.74, 6) is -2.52. The number of aromatic nitrogens is 2. The normalized spacial score (nSPS) is 14.9. The number of alkyl halides is 9. The number of carbonyl (C=O) groups is 1. The second-order valence-electron chi connectivity index (χ2n) is 6.41. The first-order valence-electron chi connectivity index (χ1n) is 8.03. The molecule has 164 valence electrons. The summed E-state index contributed by atoms with van der Waals surface area (Å²) in [4.78, 5) is 12.3. The number of benzene rings is 1. The fourth-order valence-electron chi connectivity index (χ4n) is 3.13. The Balaban J connectivity index is 2.06. The van der Waals surface area contributed by atoms with E-state index in [4.69, 9.17) is 0 Å². The highest BCUT2D eigenvalue weighted by Gasteiger charge is 2.44. The average Bonchev–Trinajstić information content (AvgIpc) is 3.12. The molecule has 0 amide bonds. The number of anilines is 1. The molecule has 0 aliphatic carbocycles. The topological polar surface area (TPSA) is 58.4 Å². The molecule has 3 rings (SSSR count). The van der Waals surface area contributed by atoms with E-state index in [1.807, 2.05) is 0 Å². The molecule has 0 saturated carbocycles. The Morgan fingerprint density at radius 1 is 0.900 bits per heavy atom. The first-order chi connectivity index (χ1) is 13.6. The lowest BCUT2D eigenvalue weighted by molar-refractivity contribution is -0.143. The molecule has 0 atom stereocenters. The zero-order valence-corrected chi connectivity index (χ0v) is 14.5. The minimum Gasteiger partial charge on any atom is -0.477 e. The summed E-state index contributed by atoms with van der Waals surface area (Å²) in [6, 6.07) is 0.779. The third-order valence-corrected chi connectivity index (χ3v) is 4.31. The van der Waals surface area contributed by atoms with Gasteiger partial charge in [-0.15, -0.1) is 0 Å². The van der Waals surface area contributed by atoms with Crippen molar-refractivity contribution in [3.8, 4) is 0 Å². The van der Waals surface area contributed by atoms with Crippen LogP contribution in [0.3, 0.4) is 0 Å². The van der Waals surface area contributed by atoms with Gasteiger partial charge >= 0.3 is 24.5 Å². The predicted molar refractivity (Wildman–Crippen MR) is 81.7 cm³/mol. The molecular weight excluding hydrogens is 437 g/mol. The van der Waals surface area contributed by atoms with Gasteiger partial charge in [0.15, 0.2) is 5.69 Å². The summed E-state index contributed by atoms with van der Waals surface area (Å²) in [6.45, 7) is -1.06. The molecule has 0 unspecified atom stereocenters. The van der Waals surface area contributed by atoms with Gasteiger partial charge in [0.05, 0.1) is 17.7 Å². The summed E-state index contributed by atoms with van der Waals surface area (Å²) in [5, 5.41) is 12.4. The van der Waals surface area contributed by atoms with Crippen LogP contribution in [0.2, 0.25) is 0 Å². The van der Waals surface area contributed by atoms with Crippen molar-refractivity contribution in [2.75, 3.05) is 11.4 Å². The third kappa shape index (κ3) is 4.03. The van der Waals surface area contributed by atoms with Gasteiger partial charge in [-0.05, 0) is 23.8 Å². The maximum atomic E-state index is 13.1. The molecule has 0 saturated heterocycles. The molecular formula is C16H10F9N3O2. The number of carboxylic acids is 1. The summed E-state index contributed by atoms with van der Waals surface area (Å²) >= 11 is 0. The van der Waals surface area contributed by atoms with Crippen LogP contribution >= 0.6 is 0 Å². The lowest BCUT2D eigenvalue weighted by Gasteiger charge is -2.20. The van der Waals surface area contributed by atoms with E-state index in [-0.39, 0.29) is 19.2 Å². The van der Waals surface area contributed by atoms with E-state index in [1.54, 1.807) is 0 Å². The number of halogens is 9. The summed E-state index contributed by atoms with van der Waals surface area (Å²) in [7, 11) is 0. The number of nitrogens with zero attached hydrogens (tertiary/aromatic N) is 3. The van der Waals surface area contributed by atoms with E-state index in [0.717, 1.165) is 4.90 Å². The molecule has 0 radical (unpaired) electrons. The highest BCUT2D eigenvalue weighted by atomic mass is 19.4. The van der Waals surface area contributed by atoms with Crippen LogP contribution in [-0.2, 0) is 31.6 Å². The maximum absolute atomic E-state index is 13.1. The Labute approximate surface area is 161 Å². The fourth-order valence-corrected chi connectivity index (χ4v) is 3.13. The quantitative estimate of drug-likeness (QED) is 0.696. The summed E-state index contributed by atoms with van der Waals surface area (Å²) in [5.41, 5.74) is -6.60. The third-order valence-electron chi connectivity index (χ3n) is 4.31. The Morgan fingerprint density at radius 3 is 1.87 bits per heavy atom. The molecule has 0 spiro atoms. The zero-order valence-electron chi connectivity index (χ0n) is 14.5. The lowest BCUT2D eigenvalue weighted by atomic mass is 10.0. The maximum Gasteiger partial charge on any atom is 0.436 e. The minimum atomic E-state index is -5.11. The number of aromatic carboxylic acids is 1. The van der Waals surface area contributed by atoms with Gasteiger partial charge in [0, 0.05) is 13.1 Å². The number of carboxylic acid groups (broad SMARTS) is 1. The molecule has 30 heavy (non-hydrogen) atoms. The van der Waals surface area contributed by atoms with Crippen molar-refractivity contribution in [2.24, 2.45) is 0 Å². The Kier molecular flexibility index (Phi) is 4.94. The molecule has 0 bridgehead atoms. The molecule has 2 aromatic rings. The van der Waals surface area contributed by atoms with Crippen LogP contribution in [0.4, 0.5) is 45.3 Å². The van der Waals surface area contributed by atoms with Gasteiger partial charge in [0.25, 0.3) is 0 Å². The first-order valence-corrected chi connectivity index (χ1v) is 8.03. The van der Waals surface area contributed by atoms with Crippen LogP contribution in [-0.4, -0.2) is 27.4 Å². The SMILES string of the molecule is O=C(O)c1c(C(F)(F)F)nn2c1N(Cc1cc(C(F)(F)F)cc(C(F)(F)F)c1)CC2. The van der Waals surface area contributed by atoms with Gasteiger partial charge in [-0.2, -0.15) is 44.6 Å². The Morgan fingerprint density at radius 2 is 1.43 bits per heavy atom. The van der Waals surface area contributed by atoms with Gasteiger partial charge in [-0.3, -0.25) is 0 Å². The van der Waals surface area contributed by atoms with Crippen molar-refractivity contribution in [1.29, 1.82) is 0 Å². The van der Waals surface area contributed by atoms with Gasteiger partial charge in [0.1, 0.15) is 11.4 Å². The largest absolute Gasteiger partial charge is 0.477 e. The summed E-state index contributed by atoms with van der Waals surface area (Å²) in [6.07, 6.45) is -15.3. The number of fused-ring (bicyclic) bond motifs is 1. The van der Waals surface area contributed by atoms with Crippen LogP contribution in [0.15, 0.2) is 18.2 Å². The second-order valence-corrected chi connectivity index (χ2v) is 6.41. The molecule has 1 aliphatic heterocycles. The lowest BCUT2D eigenvalue weighted by Crippen LogP contribution is -2.24. The number of hydrogen-bond acceptors (Lipinski definition) is 3. The van der Waals surface area contributed by atoms with Crippen LogP contribution in [0.1, 0.15) is 32.7 Å². The summed E-state index contributed by atoms with van der Waals surface area (Å²) < 4.78 is 118. The molecule has 5 nitrogen and oxygen atoms in total. The van der Waals surface area contributed by atoms with E-state index in [0.29, 0.717) is 16.8 Å². The molecule has 1 N–H and O–H groups in total. The highest BCUT2D eigenvalue weighted by Crippen LogP contribution is 2.40. The van der Waals surface area contributed by atoms with Crippen LogP contribution in [0.5, 0.6) is 0 Å². The smallest absolute Gasteiger partial charge is 0.436 e. The van der Waals surface area contributed by atoms with E-state index in [2.05, 4.69) is 5.10 Å². The first kappa shape index (κ1) is 21.8. The predicted octanol–water partition coefficient (Wildman–Crippen LogP) is 4.66. The molecule has 1 aromatic heterocycles. The van der Waals surface area contributed by atoms with Crippen molar-refractivity contribution in [2.45, 2.75) is 31.6 Å². The Bertz CT molecular complexity index is 957. The number of rotatable bonds is 3. The van der Waals surface area contributed by atoms with E-state index in [9.17, 15) is 49.4 Å². The molecule has 14 heteroatoms. The van der Waals surface area contributed by atoms with Crippen LogP contribution in [0, 0.1) is 0 Å². The monoisotopic (exact) mass is 447 g/mol. The van der Waals surface area contributed by atoms with Gasteiger partial charge in [-0.1, -0.05) is 0 Å². The van der Waals surface area contributed by atoms with E-state index >= 15 is 0 Å². The Hall–Kier alpha value is -2.93. The fraction of sp³-hybridized carbons (Fsp3) is 0.375. The average molecular weight is 447 g/mol. The van der Waals surface area contributed by atoms with Crippen molar-refractivity contribution < 1.29 is 49.4 Å². The number of hydrogen-bond donors (Lipinski definition) is 1. The zero-order chi connectivity index (χ0) is 22.6. The van der Waals surface area contributed by atoms with Gasteiger partial charge < -0.3 is 10.0 Å². The van der Waals surface area contributed by atoms with Gasteiger partial charge in [-0.25, -0.2) is 9.48 Å². The minimum absolute atomic E-state index is 0.0812. The molecule has 0 fully saturated rings. The van der Waals surface area contributed by atoms with E-state index < -0.39 is 64.8 Å². The van der Waals surface area contributed by atoms with Crippen molar-refractivity contribution >= 4 is 11.8 Å². The van der Waals surface area contributed by atoms with Crippen LogP contribution < -0.4 is 4.90 Å². The van der Waals surface area contributed by atoms with Gasteiger partial charge in [0.2, 0.25) is 0 Å². The van der Waals surface area contributed by atoms with E-state index in [1.165, 1.54) is 0 Å². The molecule has 1 aromatic carbocycles. The molecule has 2 heterocycles. The van der Waals surface area contributed by atoms with Crippen molar-refractivity contribution in [1.82, 2.24) is 9.78 Å². The second kappa shape index (κ2) is 6.80.